The summed E-state index contributed by atoms with van der Waals surface area (Å²) in [5.74, 6) is 0.949. The highest BCUT2D eigenvalue weighted by molar-refractivity contribution is 8.00. The van der Waals surface area contributed by atoms with Gasteiger partial charge in [0.1, 0.15) is 5.76 Å². The summed E-state index contributed by atoms with van der Waals surface area (Å²) in [5.41, 5.74) is 0.389. The zero-order chi connectivity index (χ0) is 20.4. The molecule has 2 aromatic heterocycles. The van der Waals surface area contributed by atoms with Crippen molar-refractivity contribution < 1.29 is 9.32 Å². The summed E-state index contributed by atoms with van der Waals surface area (Å²) < 4.78 is 6.57. The Morgan fingerprint density at radius 1 is 1.32 bits per heavy atom. The maximum atomic E-state index is 13.0. The number of anilines is 1. The minimum atomic E-state index is -0.493. The number of benzene rings is 1. The number of nitrogens with zero attached hydrogens (tertiary/aromatic N) is 3. The number of hydrogen-bond donors (Lipinski definition) is 1. The predicted octanol–water partition coefficient (Wildman–Crippen LogP) is 4.12. The molecular formula is C19H21ClN4O3S. The number of aromatic nitrogens is 3. The fourth-order valence-corrected chi connectivity index (χ4v) is 3.74. The third kappa shape index (κ3) is 4.56. The minimum Gasteiger partial charge on any atom is -0.360 e. The topological polar surface area (TPSA) is 90.0 Å². The number of aryl methyl sites for hydroxylation is 1. The van der Waals surface area contributed by atoms with Crippen LogP contribution < -0.4 is 10.9 Å². The SMILES string of the molecule is Cc1cc(NC(=O)[C@@H](C)Sc2nc3ccc(Cl)cc3c(=O)n2CC(C)C)no1. The summed E-state index contributed by atoms with van der Waals surface area (Å²) >= 11 is 7.27. The van der Waals surface area contributed by atoms with Gasteiger partial charge in [-0.25, -0.2) is 4.98 Å². The molecule has 0 aliphatic heterocycles. The summed E-state index contributed by atoms with van der Waals surface area (Å²) in [4.78, 5) is 30.1. The molecule has 3 aromatic rings. The Morgan fingerprint density at radius 3 is 2.71 bits per heavy atom. The fourth-order valence-electron chi connectivity index (χ4n) is 2.65. The van der Waals surface area contributed by atoms with Gasteiger partial charge in [0.15, 0.2) is 11.0 Å². The molecule has 0 radical (unpaired) electrons. The summed E-state index contributed by atoms with van der Waals surface area (Å²) in [6, 6.07) is 6.68. The van der Waals surface area contributed by atoms with Gasteiger partial charge in [0.25, 0.3) is 5.56 Å². The molecule has 9 heteroatoms. The Bertz CT molecular complexity index is 1080. The largest absolute Gasteiger partial charge is 0.360 e. The third-order valence-electron chi connectivity index (χ3n) is 3.96. The molecule has 1 amide bonds. The first-order valence-electron chi connectivity index (χ1n) is 8.85. The Balaban J connectivity index is 1.93. The second-order valence-electron chi connectivity index (χ2n) is 6.94. The van der Waals surface area contributed by atoms with Crippen LogP contribution in [-0.4, -0.2) is 25.9 Å². The van der Waals surface area contributed by atoms with Gasteiger partial charge in [0.2, 0.25) is 5.91 Å². The lowest BCUT2D eigenvalue weighted by molar-refractivity contribution is -0.115. The standard InChI is InChI=1S/C19H21ClN4O3S/c1-10(2)9-24-18(26)14-8-13(20)5-6-15(14)21-19(24)28-12(4)17(25)22-16-7-11(3)27-23-16/h5-8,10,12H,9H2,1-4H3,(H,22,23,25)/t12-/m1/s1. The van der Waals surface area contributed by atoms with Crippen molar-refractivity contribution >= 4 is 46.0 Å². The monoisotopic (exact) mass is 420 g/mol. The van der Waals surface area contributed by atoms with E-state index in [0.29, 0.717) is 39.2 Å². The average Bonchev–Trinajstić information content (AvgIpc) is 3.03. The molecule has 1 aromatic carbocycles. The summed E-state index contributed by atoms with van der Waals surface area (Å²) in [5, 5.41) is 7.42. The first-order valence-corrected chi connectivity index (χ1v) is 10.1. The molecule has 0 unspecified atom stereocenters. The van der Waals surface area contributed by atoms with Crippen LogP contribution in [0.2, 0.25) is 5.02 Å². The molecule has 148 valence electrons. The van der Waals surface area contributed by atoms with Crippen LogP contribution in [0.3, 0.4) is 0 Å². The van der Waals surface area contributed by atoms with Crippen LogP contribution in [0.5, 0.6) is 0 Å². The number of hydrogen-bond acceptors (Lipinski definition) is 6. The maximum absolute atomic E-state index is 13.0. The van der Waals surface area contributed by atoms with Crippen molar-refractivity contribution in [2.75, 3.05) is 5.32 Å². The van der Waals surface area contributed by atoms with Gasteiger partial charge in [-0.1, -0.05) is 42.4 Å². The van der Waals surface area contributed by atoms with Gasteiger partial charge in [-0.3, -0.25) is 14.2 Å². The highest BCUT2D eigenvalue weighted by atomic mass is 35.5. The molecule has 0 bridgehead atoms. The lowest BCUT2D eigenvalue weighted by atomic mass is 10.2. The molecule has 0 aliphatic rings. The number of fused-ring (bicyclic) bond motifs is 1. The maximum Gasteiger partial charge on any atom is 0.262 e. The second-order valence-corrected chi connectivity index (χ2v) is 8.68. The van der Waals surface area contributed by atoms with E-state index in [1.165, 1.54) is 11.8 Å². The average molecular weight is 421 g/mol. The van der Waals surface area contributed by atoms with E-state index in [-0.39, 0.29) is 17.4 Å². The second kappa shape index (κ2) is 8.36. The third-order valence-corrected chi connectivity index (χ3v) is 5.28. The number of rotatable bonds is 6. The first kappa shape index (κ1) is 20.4. The van der Waals surface area contributed by atoms with Gasteiger partial charge >= 0.3 is 0 Å². The van der Waals surface area contributed by atoms with E-state index in [4.69, 9.17) is 16.1 Å². The van der Waals surface area contributed by atoms with Crippen molar-refractivity contribution in [1.29, 1.82) is 0 Å². The highest BCUT2D eigenvalue weighted by Gasteiger charge is 2.21. The van der Waals surface area contributed by atoms with Gasteiger partial charge in [-0.05, 0) is 38.0 Å². The molecule has 7 nitrogen and oxygen atoms in total. The number of halogens is 1. The van der Waals surface area contributed by atoms with Crippen LogP contribution in [0.4, 0.5) is 5.82 Å². The zero-order valence-corrected chi connectivity index (χ0v) is 17.6. The quantitative estimate of drug-likeness (QED) is 0.476. The number of nitrogens with one attached hydrogen (secondary N) is 1. The van der Waals surface area contributed by atoms with Crippen molar-refractivity contribution in [3.63, 3.8) is 0 Å². The van der Waals surface area contributed by atoms with E-state index in [9.17, 15) is 9.59 Å². The molecule has 2 heterocycles. The van der Waals surface area contributed by atoms with Gasteiger partial charge in [-0.15, -0.1) is 0 Å². The van der Waals surface area contributed by atoms with Crippen molar-refractivity contribution in [3.05, 3.63) is 45.4 Å². The van der Waals surface area contributed by atoms with Crippen LogP contribution in [0.25, 0.3) is 10.9 Å². The van der Waals surface area contributed by atoms with Gasteiger partial charge < -0.3 is 9.84 Å². The summed E-state index contributed by atoms with van der Waals surface area (Å²) in [6.45, 7) is 8.03. The molecule has 0 saturated carbocycles. The molecule has 0 fully saturated rings. The lowest BCUT2D eigenvalue weighted by Gasteiger charge is -2.17. The molecule has 0 aliphatic carbocycles. The van der Waals surface area contributed by atoms with E-state index in [2.05, 4.69) is 15.5 Å². The van der Waals surface area contributed by atoms with Crippen molar-refractivity contribution in [3.8, 4) is 0 Å². The van der Waals surface area contributed by atoms with Gasteiger partial charge in [0.05, 0.1) is 16.2 Å². The van der Waals surface area contributed by atoms with Gasteiger partial charge in [0, 0.05) is 17.6 Å². The highest BCUT2D eigenvalue weighted by Crippen LogP contribution is 2.25. The molecule has 0 saturated heterocycles. The molecular weight excluding hydrogens is 400 g/mol. The molecule has 28 heavy (non-hydrogen) atoms. The Hall–Kier alpha value is -2.32. The number of thioether (sulfide) groups is 1. The van der Waals surface area contributed by atoms with Gasteiger partial charge in [-0.2, -0.15) is 0 Å². The predicted molar refractivity (Wildman–Crippen MR) is 111 cm³/mol. The number of carbonyl (C=O) groups is 1. The molecule has 0 spiro atoms. The van der Waals surface area contributed by atoms with E-state index in [0.717, 1.165) is 0 Å². The van der Waals surface area contributed by atoms with Crippen LogP contribution >= 0.6 is 23.4 Å². The van der Waals surface area contributed by atoms with Crippen molar-refractivity contribution in [2.24, 2.45) is 5.92 Å². The summed E-state index contributed by atoms with van der Waals surface area (Å²) in [7, 11) is 0. The van der Waals surface area contributed by atoms with Crippen LogP contribution in [0.1, 0.15) is 26.5 Å². The Morgan fingerprint density at radius 2 is 2.07 bits per heavy atom. The first-order chi connectivity index (χ1) is 13.2. The Kier molecular flexibility index (Phi) is 6.10. The fraction of sp³-hybridized carbons (Fsp3) is 0.368. The summed E-state index contributed by atoms with van der Waals surface area (Å²) in [6.07, 6.45) is 0. The molecule has 1 N–H and O–H groups in total. The van der Waals surface area contributed by atoms with Crippen molar-refractivity contribution in [1.82, 2.24) is 14.7 Å². The van der Waals surface area contributed by atoms with Crippen LogP contribution in [0, 0.1) is 12.8 Å². The van der Waals surface area contributed by atoms with E-state index < -0.39 is 5.25 Å². The Labute approximate surface area is 171 Å². The van der Waals surface area contributed by atoms with Crippen LogP contribution in [0.15, 0.2) is 38.7 Å². The van der Waals surface area contributed by atoms with Crippen molar-refractivity contribution in [2.45, 2.75) is 44.6 Å². The van der Waals surface area contributed by atoms with E-state index in [1.54, 1.807) is 42.7 Å². The minimum absolute atomic E-state index is 0.163. The van der Waals surface area contributed by atoms with E-state index in [1.807, 2.05) is 13.8 Å². The zero-order valence-electron chi connectivity index (χ0n) is 16.0. The smallest absolute Gasteiger partial charge is 0.262 e. The lowest BCUT2D eigenvalue weighted by Crippen LogP contribution is -2.28. The molecule has 3 rings (SSSR count). The van der Waals surface area contributed by atoms with E-state index >= 15 is 0 Å². The molecule has 1 atom stereocenters. The number of carbonyl (C=O) groups excluding carboxylic acids is 1. The number of amides is 1. The van der Waals surface area contributed by atoms with Crippen LogP contribution in [-0.2, 0) is 11.3 Å². The normalized spacial score (nSPS) is 12.5.